The van der Waals surface area contributed by atoms with Crippen molar-refractivity contribution in [2.24, 2.45) is 5.92 Å². The second-order valence-corrected chi connectivity index (χ2v) is 4.99. The predicted octanol–water partition coefficient (Wildman–Crippen LogP) is 3.96. The van der Waals surface area contributed by atoms with Crippen LogP contribution < -0.4 is 5.32 Å². The van der Waals surface area contributed by atoms with Crippen LogP contribution >= 0.6 is 15.9 Å². The quantitative estimate of drug-likeness (QED) is 0.913. The highest BCUT2D eigenvalue weighted by atomic mass is 79.9. The van der Waals surface area contributed by atoms with Gasteiger partial charge in [-0.1, -0.05) is 29.8 Å². The molecule has 0 bridgehead atoms. The summed E-state index contributed by atoms with van der Waals surface area (Å²) in [6.07, 6.45) is -0.404. The first-order chi connectivity index (χ1) is 7.49. The van der Waals surface area contributed by atoms with Gasteiger partial charge in [0.15, 0.2) is 0 Å². The van der Waals surface area contributed by atoms with Gasteiger partial charge in [-0.3, -0.25) is 5.32 Å². The zero-order valence-electron chi connectivity index (χ0n) is 9.71. The number of rotatable bonds is 3. The molecule has 0 spiro atoms. The van der Waals surface area contributed by atoms with Crippen molar-refractivity contribution in [1.29, 1.82) is 0 Å². The van der Waals surface area contributed by atoms with Crippen molar-refractivity contribution >= 4 is 27.7 Å². The number of halogens is 1. The molecule has 0 saturated heterocycles. The van der Waals surface area contributed by atoms with Crippen LogP contribution in [0.2, 0.25) is 0 Å². The minimum Gasteiger partial charge on any atom is -0.449 e. The highest BCUT2D eigenvalue weighted by Gasteiger charge is 2.06. The lowest BCUT2D eigenvalue weighted by atomic mass is 10.2. The third-order valence-corrected chi connectivity index (χ3v) is 2.47. The first kappa shape index (κ1) is 13.0. The molecule has 0 aliphatic heterocycles. The number of nitrogens with one attached hydrogen (secondary N) is 1. The molecule has 0 fully saturated rings. The standard InChI is InChI=1S/C12H16BrNO2/c1-8(2)7-16-12(15)14-11-5-4-10(13)6-9(11)3/h4-6,8H,7H2,1-3H3,(H,14,15). The number of hydrogen-bond acceptors (Lipinski definition) is 2. The number of amides is 1. The van der Waals surface area contributed by atoms with Crippen LogP contribution in [0, 0.1) is 12.8 Å². The van der Waals surface area contributed by atoms with Crippen LogP contribution in [-0.4, -0.2) is 12.7 Å². The Morgan fingerprint density at radius 3 is 2.75 bits per heavy atom. The lowest BCUT2D eigenvalue weighted by molar-refractivity contribution is 0.147. The van der Waals surface area contributed by atoms with Crippen LogP contribution in [0.25, 0.3) is 0 Å². The van der Waals surface area contributed by atoms with E-state index in [0.29, 0.717) is 12.5 Å². The Labute approximate surface area is 104 Å². The van der Waals surface area contributed by atoms with E-state index in [9.17, 15) is 4.79 Å². The number of carbonyl (C=O) groups excluding carboxylic acids is 1. The summed E-state index contributed by atoms with van der Waals surface area (Å²) >= 11 is 3.37. The van der Waals surface area contributed by atoms with Gasteiger partial charge in [-0.05, 0) is 36.6 Å². The van der Waals surface area contributed by atoms with Gasteiger partial charge >= 0.3 is 6.09 Å². The van der Waals surface area contributed by atoms with Gasteiger partial charge < -0.3 is 4.74 Å². The Bertz CT molecular complexity index is 377. The Hall–Kier alpha value is -1.03. The SMILES string of the molecule is Cc1cc(Br)ccc1NC(=O)OCC(C)C. The summed E-state index contributed by atoms with van der Waals surface area (Å²) in [6, 6.07) is 5.67. The van der Waals surface area contributed by atoms with Crippen LogP contribution in [0.4, 0.5) is 10.5 Å². The van der Waals surface area contributed by atoms with Crippen molar-refractivity contribution in [3.05, 3.63) is 28.2 Å². The molecule has 1 amide bonds. The number of carbonyl (C=O) groups is 1. The number of ether oxygens (including phenoxy) is 1. The summed E-state index contributed by atoms with van der Waals surface area (Å²) in [7, 11) is 0. The Morgan fingerprint density at radius 1 is 1.50 bits per heavy atom. The largest absolute Gasteiger partial charge is 0.449 e. The molecule has 0 aromatic heterocycles. The van der Waals surface area contributed by atoms with E-state index in [0.717, 1.165) is 15.7 Å². The number of anilines is 1. The zero-order valence-corrected chi connectivity index (χ0v) is 11.3. The second kappa shape index (κ2) is 5.89. The lowest BCUT2D eigenvalue weighted by Crippen LogP contribution is -2.17. The molecule has 1 aromatic carbocycles. The van der Waals surface area contributed by atoms with E-state index >= 15 is 0 Å². The summed E-state index contributed by atoms with van der Waals surface area (Å²) < 4.78 is 6.02. The lowest BCUT2D eigenvalue weighted by Gasteiger charge is -2.10. The monoisotopic (exact) mass is 285 g/mol. The Balaban J connectivity index is 2.56. The molecular weight excluding hydrogens is 270 g/mol. The van der Waals surface area contributed by atoms with Gasteiger partial charge in [0.2, 0.25) is 0 Å². The average Bonchev–Trinajstić information content (AvgIpc) is 2.19. The third-order valence-electron chi connectivity index (χ3n) is 1.97. The highest BCUT2D eigenvalue weighted by molar-refractivity contribution is 9.10. The average molecular weight is 286 g/mol. The van der Waals surface area contributed by atoms with E-state index in [1.165, 1.54) is 0 Å². The Morgan fingerprint density at radius 2 is 2.19 bits per heavy atom. The fourth-order valence-corrected chi connectivity index (χ4v) is 1.63. The van der Waals surface area contributed by atoms with Crippen molar-refractivity contribution < 1.29 is 9.53 Å². The van der Waals surface area contributed by atoms with Gasteiger partial charge in [0.1, 0.15) is 0 Å². The van der Waals surface area contributed by atoms with E-state index in [2.05, 4.69) is 21.2 Å². The van der Waals surface area contributed by atoms with Gasteiger partial charge in [-0.15, -0.1) is 0 Å². The number of hydrogen-bond donors (Lipinski definition) is 1. The molecule has 0 aliphatic carbocycles. The highest BCUT2D eigenvalue weighted by Crippen LogP contribution is 2.20. The summed E-state index contributed by atoms with van der Waals surface area (Å²) in [6.45, 7) is 6.36. The van der Waals surface area contributed by atoms with E-state index in [1.54, 1.807) is 0 Å². The molecule has 4 heteroatoms. The fraction of sp³-hybridized carbons (Fsp3) is 0.417. The van der Waals surface area contributed by atoms with Crippen molar-refractivity contribution in [3.63, 3.8) is 0 Å². The van der Waals surface area contributed by atoms with Crippen molar-refractivity contribution in [2.45, 2.75) is 20.8 Å². The fourth-order valence-electron chi connectivity index (χ4n) is 1.16. The summed E-state index contributed by atoms with van der Waals surface area (Å²) in [4.78, 5) is 11.4. The predicted molar refractivity (Wildman–Crippen MR) is 68.7 cm³/mol. The topological polar surface area (TPSA) is 38.3 Å². The van der Waals surface area contributed by atoms with Crippen molar-refractivity contribution in [1.82, 2.24) is 0 Å². The van der Waals surface area contributed by atoms with E-state index in [-0.39, 0.29) is 0 Å². The van der Waals surface area contributed by atoms with E-state index in [4.69, 9.17) is 4.74 Å². The van der Waals surface area contributed by atoms with Gasteiger partial charge in [0.05, 0.1) is 6.61 Å². The van der Waals surface area contributed by atoms with Gasteiger partial charge in [-0.2, -0.15) is 0 Å². The molecule has 1 rings (SSSR count). The molecule has 0 unspecified atom stereocenters. The maximum atomic E-state index is 11.4. The van der Waals surface area contributed by atoms with Gasteiger partial charge in [0.25, 0.3) is 0 Å². The smallest absolute Gasteiger partial charge is 0.411 e. The summed E-state index contributed by atoms with van der Waals surface area (Å²) in [5, 5.41) is 2.71. The third kappa shape index (κ3) is 4.23. The first-order valence-corrected chi connectivity index (χ1v) is 5.98. The van der Waals surface area contributed by atoms with Crippen molar-refractivity contribution in [3.8, 4) is 0 Å². The number of benzene rings is 1. The van der Waals surface area contributed by atoms with Crippen LogP contribution in [0.5, 0.6) is 0 Å². The van der Waals surface area contributed by atoms with Crippen molar-refractivity contribution in [2.75, 3.05) is 11.9 Å². The van der Waals surface area contributed by atoms with E-state index in [1.807, 2.05) is 39.0 Å². The molecule has 1 N–H and O–H groups in total. The molecule has 0 heterocycles. The van der Waals surface area contributed by atoms with E-state index < -0.39 is 6.09 Å². The zero-order chi connectivity index (χ0) is 12.1. The first-order valence-electron chi connectivity index (χ1n) is 5.19. The molecule has 88 valence electrons. The molecule has 1 aromatic rings. The normalized spacial score (nSPS) is 10.3. The summed E-state index contributed by atoms with van der Waals surface area (Å²) in [5.74, 6) is 0.344. The van der Waals surface area contributed by atoms with Gasteiger partial charge in [-0.25, -0.2) is 4.79 Å². The van der Waals surface area contributed by atoms with Crippen LogP contribution in [0.15, 0.2) is 22.7 Å². The minimum absolute atomic E-state index is 0.344. The Kier molecular flexibility index (Phi) is 4.80. The molecule has 3 nitrogen and oxygen atoms in total. The minimum atomic E-state index is -0.404. The molecule has 0 atom stereocenters. The maximum absolute atomic E-state index is 11.4. The van der Waals surface area contributed by atoms with Crippen LogP contribution in [0.1, 0.15) is 19.4 Å². The molecular formula is C12H16BrNO2. The maximum Gasteiger partial charge on any atom is 0.411 e. The number of aryl methyl sites for hydroxylation is 1. The summed E-state index contributed by atoms with van der Waals surface area (Å²) in [5.41, 5.74) is 1.77. The molecule has 0 radical (unpaired) electrons. The molecule has 0 aliphatic rings. The van der Waals surface area contributed by atoms with Crippen LogP contribution in [0.3, 0.4) is 0 Å². The molecule has 0 saturated carbocycles. The second-order valence-electron chi connectivity index (χ2n) is 4.08. The van der Waals surface area contributed by atoms with Crippen LogP contribution in [-0.2, 0) is 4.74 Å². The van der Waals surface area contributed by atoms with Gasteiger partial charge in [0, 0.05) is 10.2 Å². The molecule has 16 heavy (non-hydrogen) atoms.